The van der Waals surface area contributed by atoms with Gasteiger partial charge in [0, 0.05) is 18.5 Å². The standard InChI is InChI=1S/C21H19ClF3N3O3S/c1-28(18(29)9-6-13-4-2-3-5-15(13)22)10-11-31-20(30)27-19-26-16-8-7-14(21(23,24)25)12-17(16)32-19/h2-5,7-8,12H,6,9-11H2,1H3,(H,26,27,30). The number of aromatic nitrogens is 1. The van der Waals surface area contributed by atoms with Gasteiger partial charge in [0.25, 0.3) is 0 Å². The second-order valence-electron chi connectivity index (χ2n) is 6.87. The Labute approximate surface area is 190 Å². The minimum absolute atomic E-state index is 0.0523. The minimum Gasteiger partial charge on any atom is -0.447 e. The van der Waals surface area contributed by atoms with Crippen LogP contribution in [0.25, 0.3) is 10.2 Å². The summed E-state index contributed by atoms with van der Waals surface area (Å²) >= 11 is 6.99. The molecule has 0 radical (unpaired) electrons. The number of ether oxygens (including phenoxy) is 1. The van der Waals surface area contributed by atoms with Crippen LogP contribution in [-0.2, 0) is 22.1 Å². The van der Waals surface area contributed by atoms with Crippen molar-refractivity contribution in [1.82, 2.24) is 9.88 Å². The number of rotatable bonds is 7. The summed E-state index contributed by atoms with van der Waals surface area (Å²) in [5.41, 5.74) is 0.428. The molecule has 0 fully saturated rings. The van der Waals surface area contributed by atoms with Crippen LogP contribution in [0, 0.1) is 0 Å². The number of nitrogens with zero attached hydrogens (tertiary/aromatic N) is 2. The molecular formula is C21H19ClF3N3O3S. The van der Waals surface area contributed by atoms with Crippen LogP contribution in [0.4, 0.5) is 23.1 Å². The van der Waals surface area contributed by atoms with E-state index in [2.05, 4.69) is 10.3 Å². The fraction of sp³-hybridized carbons (Fsp3) is 0.286. The number of alkyl halides is 3. The van der Waals surface area contributed by atoms with Crippen LogP contribution in [0.5, 0.6) is 0 Å². The summed E-state index contributed by atoms with van der Waals surface area (Å²) < 4.78 is 43.8. The van der Waals surface area contributed by atoms with Gasteiger partial charge in [-0.05, 0) is 36.2 Å². The van der Waals surface area contributed by atoms with E-state index >= 15 is 0 Å². The molecule has 6 nitrogen and oxygen atoms in total. The molecule has 11 heteroatoms. The van der Waals surface area contributed by atoms with Gasteiger partial charge in [-0.3, -0.25) is 10.1 Å². The number of benzene rings is 2. The SMILES string of the molecule is CN(CCOC(=O)Nc1nc2ccc(C(F)(F)F)cc2s1)C(=O)CCc1ccccc1Cl. The Kier molecular flexibility index (Phi) is 7.57. The molecule has 170 valence electrons. The van der Waals surface area contributed by atoms with Gasteiger partial charge in [0.05, 0.1) is 22.3 Å². The van der Waals surface area contributed by atoms with Crippen LogP contribution < -0.4 is 5.32 Å². The molecule has 0 atom stereocenters. The lowest BCUT2D eigenvalue weighted by Crippen LogP contribution is -2.31. The van der Waals surface area contributed by atoms with E-state index in [1.807, 2.05) is 18.2 Å². The molecule has 0 bridgehead atoms. The highest BCUT2D eigenvalue weighted by molar-refractivity contribution is 7.22. The molecule has 0 spiro atoms. The van der Waals surface area contributed by atoms with Crippen molar-refractivity contribution in [2.45, 2.75) is 19.0 Å². The average Bonchev–Trinajstić information content (AvgIpc) is 3.13. The van der Waals surface area contributed by atoms with Crippen molar-refractivity contribution in [2.24, 2.45) is 0 Å². The normalized spacial score (nSPS) is 11.4. The van der Waals surface area contributed by atoms with Crippen molar-refractivity contribution >= 4 is 50.3 Å². The lowest BCUT2D eigenvalue weighted by Gasteiger charge is -2.17. The topological polar surface area (TPSA) is 71.5 Å². The van der Waals surface area contributed by atoms with Gasteiger partial charge in [0.1, 0.15) is 6.61 Å². The minimum atomic E-state index is -4.46. The Morgan fingerprint density at radius 1 is 1.22 bits per heavy atom. The highest BCUT2D eigenvalue weighted by atomic mass is 35.5. The van der Waals surface area contributed by atoms with Gasteiger partial charge in [-0.1, -0.05) is 41.1 Å². The van der Waals surface area contributed by atoms with E-state index in [1.165, 1.54) is 11.0 Å². The number of carbonyl (C=O) groups excluding carboxylic acids is 2. The van der Waals surface area contributed by atoms with Gasteiger partial charge in [-0.15, -0.1) is 0 Å². The van der Waals surface area contributed by atoms with Crippen molar-refractivity contribution in [3.05, 3.63) is 58.6 Å². The van der Waals surface area contributed by atoms with Gasteiger partial charge in [0.15, 0.2) is 5.13 Å². The molecule has 1 N–H and O–H groups in total. The largest absolute Gasteiger partial charge is 0.447 e. The molecule has 0 aliphatic rings. The van der Waals surface area contributed by atoms with E-state index in [4.69, 9.17) is 16.3 Å². The number of fused-ring (bicyclic) bond motifs is 1. The summed E-state index contributed by atoms with van der Waals surface area (Å²) in [4.78, 5) is 29.7. The summed E-state index contributed by atoms with van der Waals surface area (Å²) in [5, 5.41) is 3.12. The Balaban J connectivity index is 1.44. The Morgan fingerprint density at radius 3 is 2.69 bits per heavy atom. The number of hydrogen-bond donors (Lipinski definition) is 1. The highest BCUT2D eigenvalue weighted by Gasteiger charge is 2.30. The van der Waals surface area contributed by atoms with Gasteiger partial charge >= 0.3 is 12.3 Å². The third kappa shape index (κ3) is 6.33. The maximum absolute atomic E-state index is 12.8. The zero-order valence-electron chi connectivity index (χ0n) is 16.9. The first-order valence-corrected chi connectivity index (χ1v) is 10.7. The van der Waals surface area contributed by atoms with Crippen molar-refractivity contribution in [2.75, 3.05) is 25.5 Å². The molecular weight excluding hydrogens is 467 g/mol. The van der Waals surface area contributed by atoms with Crippen molar-refractivity contribution in [3.63, 3.8) is 0 Å². The zero-order valence-corrected chi connectivity index (χ0v) is 18.5. The van der Waals surface area contributed by atoms with Crippen LogP contribution in [0.2, 0.25) is 5.02 Å². The monoisotopic (exact) mass is 485 g/mol. The van der Waals surface area contributed by atoms with Crippen molar-refractivity contribution in [1.29, 1.82) is 0 Å². The van der Waals surface area contributed by atoms with Crippen molar-refractivity contribution < 1.29 is 27.5 Å². The van der Waals surface area contributed by atoms with E-state index in [0.717, 1.165) is 29.0 Å². The first kappa shape index (κ1) is 23.8. The second-order valence-corrected chi connectivity index (χ2v) is 8.30. The molecule has 3 aromatic rings. The van der Waals surface area contributed by atoms with E-state index in [1.54, 1.807) is 13.1 Å². The number of amides is 2. The Hall–Kier alpha value is -2.85. The zero-order chi connectivity index (χ0) is 23.3. The summed E-state index contributed by atoms with van der Waals surface area (Å²) in [6.45, 7) is 0.132. The van der Waals surface area contributed by atoms with Crippen molar-refractivity contribution in [3.8, 4) is 0 Å². The number of aryl methyl sites for hydroxylation is 1. The number of halogens is 4. The Bertz CT molecular complexity index is 1120. The number of likely N-dealkylation sites (N-methyl/N-ethyl adjacent to an activating group) is 1. The predicted octanol–water partition coefficient (Wildman–Crippen LogP) is 5.61. The molecule has 2 amide bonds. The Morgan fingerprint density at radius 2 is 1.97 bits per heavy atom. The molecule has 32 heavy (non-hydrogen) atoms. The second kappa shape index (κ2) is 10.2. The summed E-state index contributed by atoms with van der Waals surface area (Å²) in [5.74, 6) is -0.124. The quantitative estimate of drug-likeness (QED) is 0.472. The van der Waals surface area contributed by atoms with Crippen LogP contribution >= 0.6 is 22.9 Å². The van der Waals surface area contributed by atoms with Gasteiger partial charge in [-0.2, -0.15) is 13.2 Å². The lowest BCUT2D eigenvalue weighted by atomic mass is 10.1. The average molecular weight is 486 g/mol. The first-order chi connectivity index (χ1) is 15.1. The van der Waals surface area contributed by atoms with Crippen LogP contribution in [0.15, 0.2) is 42.5 Å². The number of thiazole rings is 1. The molecule has 3 rings (SSSR count). The lowest BCUT2D eigenvalue weighted by molar-refractivity contribution is -0.137. The molecule has 0 aliphatic carbocycles. The molecule has 1 aromatic heterocycles. The maximum Gasteiger partial charge on any atom is 0.416 e. The molecule has 2 aromatic carbocycles. The fourth-order valence-electron chi connectivity index (χ4n) is 2.81. The molecule has 0 saturated carbocycles. The third-order valence-corrected chi connectivity index (χ3v) is 5.88. The van der Waals surface area contributed by atoms with Crippen LogP contribution in [-0.4, -0.2) is 42.1 Å². The first-order valence-electron chi connectivity index (χ1n) is 9.52. The van der Waals surface area contributed by atoms with E-state index in [0.29, 0.717) is 21.7 Å². The summed E-state index contributed by atoms with van der Waals surface area (Å²) in [6, 6.07) is 10.4. The summed E-state index contributed by atoms with van der Waals surface area (Å²) in [7, 11) is 1.60. The molecule has 1 heterocycles. The maximum atomic E-state index is 12.8. The van der Waals surface area contributed by atoms with E-state index in [9.17, 15) is 22.8 Å². The van der Waals surface area contributed by atoms with Gasteiger partial charge in [-0.25, -0.2) is 9.78 Å². The summed E-state index contributed by atoms with van der Waals surface area (Å²) in [6.07, 6.45) is -4.51. The molecule has 0 aliphatic heterocycles. The number of hydrogen-bond acceptors (Lipinski definition) is 5. The number of carbonyl (C=O) groups is 2. The van der Waals surface area contributed by atoms with E-state index < -0.39 is 17.8 Å². The van der Waals surface area contributed by atoms with E-state index in [-0.39, 0.29) is 30.6 Å². The molecule has 0 unspecified atom stereocenters. The number of anilines is 1. The highest BCUT2D eigenvalue weighted by Crippen LogP contribution is 2.34. The smallest absolute Gasteiger partial charge is 0.416 e. The van der Waals surface area contributed by atoms with Crippen LogP contribution in [0.1, 0.15) is 17.5 Å². The molecule has 0 saturated heterocycles. The number of nitrogens with one attached hydrogen (secondary N) is 1. The van der Waals surface area contributed by atoms with Gasteiger partial charge < -0.3 is 9.64 Å². The third-order valence-electron chi connectivity index (χ3n) is 4.58. The van der Waals surface area contributed by atoms with Crippen LogP contribution in [0.3, 0.4) is 0 Å². The predicted molar refractivity (Wildman–Crippen MR) is 117 cm³/mol. The fourth-order valence-corrected chi connectivity index (χ4v) is 3.93. The van der Waals surface area contributed by atoms with Gasteiger partial charge in [0.2, 0.25) is 5.91 Å².